The predicted molar refractivity (Wildman–Crippen MR) is 58.0 cm³/mol. The number of carbonyl (C=O) groups is 1. The Labute approximate surface area is 92.9 Å². The van der Waals surface area contributed by atoms with Crippen molar-refractivity contribution in [3.8, 4) is 11.5 Å². The van der Waals surface area contributed by atoms with Crippen molar-refractivity contribution >= 4 is 5.97 Å². The standard InChI is InChI=1S/C13H9O3/c14-11-7-4-8-12(9-11)16-13(15)10-5-2-1-3-6-10/h1-9H. The fourth-order valence-corrected chi connectivity index (χ4v) is 1.28. The zero-order chi connectivity index (χ0) is 11.4. The molecule has 0 saturated carbocycles. The Balaban J connectivity index is 2.14. The summed E-state index contributed by atoms with van der Waals surface area (Å²) in [6, 6.07) is 14.4. The van der Waals surface area contributed by atoms with Crippen LogP contribution in [0.1, 0.15) is 10.4 Å². The highest BCUT2D eigenvalue weighted by Crippen LogP contribution is 2.19. The van der Waals surface area contributed by atoms with Gasteiger partial charge in [-0.05, 0) is 24.3 Å². The van der Waals surface area contributed by atoms with Crippen LogP contribution in [0.4, 0.5) is 0 Å². The molecule has 0 aliphatic rings. The van der Waals surface area contributed by atoms with E-state index in [1.807, 2.05) is 6.07 Å². The average Bonchev–Trinajstić information content (AvgIpc) is 2.30. The van der Waals surface area contributed by atoms with E-state index >= 15 is 0 Å². The summed E-state index contributed by atoms with van der Waals surface area (Å²) in [5.74, 6) is -0.383. The maximum Gasteiger partial charge on any atom is 0.343 e. The Morgan fingerprint density at radius 1 is 0.938 bits per heavy atom. The molecule has 0 heterocycles. The first-order valence-corrected chi connectivity index (χ1v) is 4.80. The SMILES string of the molecule is [O]c1cccc(OC(=O)c2ccccc2)c1. The predicted octanol–water partition coefficient (Wildman–Crippen LogP) is 3.05. The highest BCUT2D eigenvalue weighted by molar-refractivity contribution is 5.90. The van der Waals surface area contributed by atoms with Gasteiger partial charge in [-0.2, -0.15) is 0 Å². The third-order valence-corrected chi connectivity index (χ3v) is 2.03. The summed E-state index contributed by atoms with van der Waals surface area (Å²) in [6.45, 7) is 0. The molecule has 16 heavy (non-hydrogen) atoms. The van der Waals surface area contributed by atoms with Gasteiger partial charge in [-0.25, -0.2) is 4.79 Å². The summed E-state index contributed by atoms with van der Waals surface area (Å²) >= 11 is 0. The van der Waals surface area contributed by atoms with E-state index in [9.17, 15) is 9.90 Å². The second kappa shape index (κ2) is 4.49. The smallest absolute Gasteiger partial charge is 0.343 e. The van der Waals surface area contributed by atoms with Crippen molar-refractivity contribution < 1.29 is 14.6 Å². The Morgan fingerprint density at radius 2 is 1.69 bits per heavy atom. The number of esters is 1. The minimum atomic E-state index is -0.466. The molecule has 0 N–H and O–H groups in total. The molecule has 79 valence electrons. The van der Waals surface area contributed by atoms with Gasteiger partial charge in [0.05, 0.1) is 5.56 Å². The minimum Gasteiger partial charge on any atom is -0.423 e. The van der Waals surface area contributed by atoms with Gasteiger partial charge < -0.3 is 4.74 Å². The van der Waals surface area contributed by atoms with Crippen molar-refractivity contribution in [3.05, 3.63) is 60.2 Å². The van der Waals surface area contributed by atoms with Crippen molar-refractivity contribution in [3.63, 3.8) is 0 Å². The number of carbonyl (C=O) groups excluding carboxylic acids is 1. The molecule has 2 aromatic carbocycles. The van der Waals surface area contributed by atoms with Crippen LogP contribution in [0.15, 0.2) is 54.6 Å². The molecule has 0 aliphatic carbocycles. The molecule has 2 aromatic rings. The molecule has 3 heteroatoms. The normalized spacial score (nSPS) is 9.75. The largest absolute Gasteiger partial charge is 0.423 e. The van der Waals surface area contributed by atoms with E-state index in [1.165, 1.54) is 12.1 Å². The van der Waals surface area contributed by atoms with Crippen LogP contribution in [0.25, 0.3) is 0 Å². The number of benzene rings is 2. The maximum absolute atomic E-state index is 11.6. The van der Waals surface area contributed by atoms with Crippen molar-refractivity contribution in [2.75, 3.05) is 0 Å². The number of hydrogen-bond acceptors (Lipinski definition) is 2. The lowest BCUT2D eigenvalue weighted by Crippen LogP contribution is -2.07. The molecule has 0 amide bonds. The van der Waals surface area contributed by atoms with Gasteiger partial charge in [0.15, 0.2) is 5.75 Å². The molecule has 0 aromatic heterocycles. The summed E-state index contributed by atoms with van der Waals surface area (Å²) in [6.07, 6.45) is 0. The quantitative estimate of drug-likeness (QED) is 0.568. The molecular weight excluding hydrogens is 204 g/mol. The monoisotopic (exact) mass is 213 g/mol. The highest BCUT2D eigenvalue weighted by atomic mass is 16.5. The van der Waals surface area contributed by atoms with Gasteiger partial charge >= 0.3 is 5.97 Å². The zero-order valence-electron chi connectivity index (χ0n) is 8.42. The van der Waals surface area contributed by atoms with Gasteiger partial charge in [0.2, 0.25) is 0 Å². The minimum absolute atomic E-state index is 0.182. The van der Waals surface area contributed by atoms with Gasteiger partial charge in [0.1, 0.15) is 5.75 Å². The second-order valence-electron chi connectivity index (χ2n) is 3.23. The van der Waals surface area contributed by atoms with Crippen LogP contribution >= 0.6 is 0 Å². The van der Waals surface area contributed by atoms with Gasteiger partial charge in [0, 0.05) is 6.07 Å². The van der Waals surface area contributed by atoms with E-state index in [1.54, 1.807) is 36.4 Å². The first-order valence-electron chi connectivity index (χ1n) is 4.80. The van der Waals surface area contributed by atoms with E-state index in [0.29, 0.717) is 5.56 Å². The molecule has 0 unspecified atom stereocenters. The molecule has 3 nitrogen and oxygen atoms in total. The van der Waals surface area contributed by atoms with Crippen LogP contribution in [0.3, 0.4) is 0 Å². The highest BCUT2D eigenvalue weighted by Gasteiger charge is 2.07. The van der Waals surface area contributed by atoms with E-state index in [4.69, 9.17) is 4.74 Å². The van der Waals surface area contributed by atoms with Crippen molar-refractivity contribution in [2.24, 2.45) is 0 Å². The Hall–Kier alpha value is -2.29. The van der Waals surface area contributed by atoms with Crippen LogP contribution in [-0.4, -0.2) is 5.97 Å². The van der Waals surface area contributed by atoms with E-state index < -0.39 is 5.97 Å². The fraction of sp³-hybridized carbons (Fsp3) is 0. The Kier molecular flexibility index (Phi) is 2.87. The first-order chi connectivity index (χ1) is 7.75. The van der Waals surface area contributed by atoms with Crippen LogP contribution in [0.5, 0.6) is 11.5 Å². The average molecular weight is 213 g/mol. The molecule has 0 atom stereocenters. The molecule has 0 spiro atoms. The van der Waals surface area contributed by atoms with Crippen molar-refractivity contribution in [1.29, 1.82) is 0 Å². The lowest BCUT2D eigenvalue weighted by molar-refractivity contribution is 0.0734. The van der Waals surface area contributed by atoms with Crippen LogP contribution in [-0.2, 0) is 5.11 Å². The third-order valence-electron chi connectivity index (χ3n) is 2.03. The van der Waals surface area contributed by atoms with Crippen molar-refractivity contribution in [2.45, 2.75) is 0 Å². The molecule has 0 bridgehead atoms. The van der Waals surface area contributed by atoms with Crippen LogP contribution < -0.4 is 4.74 Å². The first kappa shape index (κ1) is 10.2. The molecule has 2 rings (SSSR count). The lowest BCUT2D eigenvalue weighted by atomic mass is 10.2. The topological polar surface area (TPSA) is 46.2 Å². The summed E-state index contributed by atoms with van der Waals surface area (Å²) < 4.78 is 5.04. The molecule has 0 aliphatic heterocycles. The van der Waals surface area contributed by atoms with Gasteiger partial charge in [-0.1, -0.05) is 24.3 Å². The fourth-order valence-electron chi connectivity index (χ4n) is 1.28. The number of rotatable bonds is 2. The molecule has 0 saturated heterocycles. The number of ether oxygens (including phenoxy) is 1. The second-order valence-corrected chi connectivity index (χ2v) is 3.23. The summed E-state index contributed by atoms with van der Waals surface area (Å²) in [5, 5.41) is 11.0. The summed E-state index contributed by atoms with van der Waals surface area (Å²) in [7, 11) is 0. The Morgan fingerprint density at radius 3 is 2.38 bits per heavy atom. The van der Waals surface area contributed by atoms with Crippen molar-refractivity contribution in [1.82, 2.24) is 0 Å². The van der Waals surface area contributed by atoms with Crippen LogP contribution in [0, 0.1) is 0 Å². The number of hydrogen-bond donors (Lipinski definition) is 0. The van der Waals surface area contributed by atoms with E-state index in [0.717, 1.165) is 0 Å². The Bertz CT molecular complexity index is 492. The van der Waals surface area contributed by atoms with Crippen LogP contribution in [0.2, 0.25) is 0 Å². The zero-order valence-corrected chi connectivity index (χ0v) is 8.42. The van der Waals surface area contributed by atoms with E-state index in [2.05, 4.69) is 0 Å². The van der Waals surface area contributed by atoms with Gasteiger partial charge in [-0.15, -0.1) is 0 Å². The maximum atomic E-state index is 11.6. The molecule has 0 fully saturated rings. The van der Waals surface area contributed by atoms with E-state index in [-0.39, 0.29) is 11.5 Å². The molecular formula is C13H9O3. The van der Waals surface area contributed by atoms with Gasteiger partial charge in [0.25, 0.3) is 0 Å². The summed E-state index contributed by atoms with van der Waals surface area (Å²) in [5.41, 5.74) is 0.457. The lowest BCUT2D eigenvalue weighted by Gasteiger charge is -2.03. The summed E-state index contributed by atoms with van der Waals surface area (Å²) in [4.78, 5) is 11.6. The molecule has 1 radical (unpaired) electrons. The third kappa shape index (κ3) is 2.39. The van der Waals surface area contributed by atoms with Gasteiger partial charge in [-0.3, -0.25) is 5.11 Å².